The van der Waals surface area contributed by atoms with Crippen molar-refractivity contribution in [1.82, 2.24) is 14.9 Å². The third-order valence-corrected chi connectivity index (χ3v) is 4.00. The first-order chi connectivity index (χ1) is 9.66. The zero-order chi connectivity index (χ0) is 14.1. The predicted octanol–water partition coefficient (Wildman–Crippen LogP) is 2.66. The Balaban J connectivity index is 1.75. The molecular formula is C15H19FN4. The van der Waals surface area contributed by atoms with Gasteiger partial charge in [-0.1, -0.05) is 6.07 Å². The topological polar surface area (TPSA) is 41.1 Å². The van der Waals surface area contributed by atoms with Gasteiger partial charge < -0.3 is 5.32 Å². The fraction of sp³-hybridized carbons (Fsp3) is 0.467. The molecule has 2 aromatic rings. The Morgan fingerprint density at radius 3 is 2.95 bits per heavy atom. The van der Waals surface area contributed by atoms with Gasteiger partial charge >= 0.3 is 0 Å². The van der Waals surface area contributed by atoms with Crippen LogP contribution in [0.5, 0.6) is 0 Å². The number of hydrogen-bond donors (Lipinski definition) is 1. The number of rotatable bonds is 5. The summed E-state index contributed by atoms with van der Waals surface area (Å²) in [6.07, 6.45) is 3.99. The number of nitrogens with zero attached hydrogens (tertiary/aromatic N) is 3. The van der Waals surface area contributed by atoms with E-state index in [1.807, 2.05) is 6.07 Å². The normalized spacial score (nSPS) is 16.6. The molecule has 106 valence electrons. The molecular weight excluding hydrogens is 255 g/mol. The molecule has 1 aromatic carbocycles. The summed E-state index contributed by atoms with van der Waals surface area (Å²) in [6.45, 7) is 2.98. The number of fused-ring (bicyclic) bond motifs is 1. The molecule has 1 N–H and O–H groups in total. The Morgan fingerprint density at radius 1 is 1.40 bits per heavy atom. The van der Waals surface area contributed by atoms with Gasteiger partial charge in [-0.15, -0.1) is 0 Å². The quantitative estimate of drug-likeness (QED) is 0.910. The van der Waals surface area contributed by atoms with Crippen molar-refractivity contribution in [2.24, 2.45) is 0 Å². The van der Waals surface area contributed by atoms with Crippen molar-refractivity contribution >= 4 is 16.7 Å². The van der Waals surface area contributed by atoms with Crippen molar-refractivity contribution in [1.29, 1.82) is 0 Å². The van der Waals surface area contributed by atoms with Crippen LogP contribution in [0.25, 0.3) is 10.9 Å². The molecule has 1 fully saturated rings. The third-order valence-electron chi connectivity index (χ3n) is 4.00. The minimum absolute atomic E-state index is 0.309. The van der Waals surface area contributed by atoms with E-state index in [0.29, 0.717) is 17.4 Å². The minimum atomic E-state index is -0.309. The number of benzene rings is 1. The number of aromatic nitrogens is 2. The van der Waals surface area contributed by atoms with Gasteiger partial charge in [-0.05, 0) is 38.9 Å². The predicted molar refractivity (Wildman–Crippen MR) is 78.2 cm³/mol. The Kier molecular flexibility index (Phi) is 3.53. The molecule has 1 unspecified atom stereocenters. The lowest BCUT2D eigenvalue weighted by atomic mass is 10.2. The van der Waals surface area contributed by atoms with Gasteiger partial charge in [0, 0.05) is 24.0 Å². The summed E-state index contributed by atoms with van der Waals surface area (Å²) in [4.78, 5) is 10.6. The van der Waals surface area contributed by atoms with Crippen LogP contribution in [0, 0.1) is 5.82 Å². The molecule has 1 aliphatic rings. The summed E-state index contributed by atoms with van der Waals surface area (Å²) in [7, 11) is 2.15. The van der Waals surface area contributed by atoms with Crippen molar-refractivity contribution < 1.29 is 4.39 Å². The van der Waals surface area contributed by atoms with Crippen LogP contribution in [0.3, 0.4) is 0 Å². The molecule has 1 aromatic heterocycles. The highest BCUT2D eigenvalue weighted by Gasteiger charge is 2.28. The number of hydrogen-bond acceptors (Lipinski definition) is 4. The summed E-state index contributed by atoms with van der Waals surface area (Å²) in [6, 6.07) is 6.09. The van der Waals surface area contributed by atoms with Gasteiger partial charge in [0.1, 0.15) is 23.5 Å². The van der Waals surface area contributed by atoms with Gasteiger partial charge in [0.05, 0.1) is 0 Å². The lowest BCUT2D eigenvalue weighted by molar-refractivity contribution is 0.257. The van der Waals surface area contributed by atoms with E-state index in [1.165, 1.54) is 25.2 Å². The van der Waals surface area contributed by atoms with Gasteiger partial charge in [-0.25, -0.2) is 14.4 Å². The largest absolute Gasteiger partial charge is 0.368 e. The van der Waals surface area contributed by atoms with E-state index >= 15 is 0 Å². The van der Waals surface area contributed by atoms with Crippen molar-refractivity contribution in [3.8, 4) is 0 Å². The maximum absolute atomic E-state index is 13.7. The molecule has 5 heteroatoms. The Hall–Kier alpha value is -1.75. The number of likely N-dealkylation sites (N-methyl/N-ethyl adjacent to an activating group) is 1. The molecule has 4 nitrogen and oxygen atoms in total. The maximum atomic E-state index is 13.7. The van der Waals surface area contributed by atoms with Crippen LogP contribution in [-0.4, -0.2) is 40.5 Å². The summed E-state index contributed by atoms with van der Waals surface area (Å²) in [5.74, 6) is 0.390. The number of halogens is 1. The molecule has 0 radical (unpaired) electrons. The lowest BCUT2D eigenvalue weighted by Crippen LogP contribution is -2.36. The minimum Gasteiger partial charge on any atom is -0.368 e. The lowest BCUT2D eigenvalue weighted by Gasteiger charge is -2.25. The number of nitrogens with one attached hydrogen (secondary N) is 1. The zero-order valence-electron chi connectivity index (χ0n) is 11.8. The summed E-state index contributed by atoms with van der Waals surface area (Å²) < 4.78 is 13.7. The maximum Gasteiger partial charge on any atom is 0.149 e. The first-order valence-corrected chi connectivity index (χ1v) is 7.02. The van der Waals surface area contributed by atoms with Crippen molar-refractivity contribution in [2.75, 3.05) is 18.9 Å². The first-order valence-electron chi connectivity index (χ1n) is 7.02. The molecule has 3 rings (SSSR count). The van der Waals surface area contributed by atoms with E-state index in [2.05, 4.69) is 34.2 Å². The van der Waals surface area contributed by atoms with Crippen LogP contribution in [-0.2, 0) is 0 Å². The van der Waals surface area contributed by atoms with Crippen molar-refractivity contribution in [3.63, 3.8) is 0 Å². The van der Waals surface area contributed by atoms with Crippen LogP contribution in [0.1, 0.15) is 19.8 Å². The first kappa shape index (κ1) is 13.2. The van der Waals surface area contributed by atoms with Gasteiger partial charge in [0.2, 0.25) is 0 Å². The summed E-state index contributed by atoms with van der Waals surface area (Å²) in [5, 5.41) is 4.05. The van der Waals surface area contributed by atoms with Crippen LogP contribution in [0.4, 0.5) is 10.2 Å². The van der Waals surface area contributed by atoms with Gasteiger partial charge in [-0.3, -0.25) is 4.90 Å². The molecule has 1 aliphatic carbocycles. The van der Waals surface area contributed by atoms with Gasteiger partial charge in [0.15, 0.2) is 0 Å². The second-order valence-electron chi connectivity index (χ2n) is 5.48. The SMILES string of the molecule is CC(CNc1ncnc2c(F)cccc12)N(C)C1CC1. The Morgan fingerprint density at radius 2 is 2.20 bits per heavy atom. The van der Waals surface area contributed by atoms with Gasteiger partial charge in [-0.2, -0.15) is 0 Å². The van der Waals surface area contributed by atoms with E-state index < -0.39 is 0 Å². The van der Waals surface area contributed by atoms with Crippen LogP contribution >= 0.6 is 0 Å². The smallest absolute Gasteiger partial charge is 0.149 e. The highest BCUT2D eigenvalue weighted by Crippen LogP contribution is 2.27. The monoisotopic (exact) mass is 274 g/mol. The van der Waals surface area contributed by atoms with Crippen LogP contribution in [0.2, 0.25) is 0 Å². The second kappa shape index (κ2) is 5.32. The number of anilines is 1. The Bertz CT molecular complexity index is 612. The standard InChI is InChI=1S/C15H19FN4/c1-10(20(2)11-6-7-11)8-17-15-12-4-3-5-13(16)14(12)18-9-19-15/h3-5,9-11H,6-8H2,1-2H3,(H,17,18,19). The average molecular weight is 274 g/mol. The zero-order valence-corrected chi connectivity index (χ0v) is 11.8. The fourth-order valence-corrected chi connectivity index (χ4v) is 2.42. The molecule has 0 saturated heterocycles. The molecule has 1 heterocycles. The highest BCUT2D eigenvalue weighted by molar-refractivity contribution is 5.89. The second-order valence-corrected chi connectivity index (χ2v) is 5.48. The van der Waals surface area contributed by atoms with Crippen LogP contribution in [0.15, 0.2) is 24.5 Å². The molecule has 0 amide bonds. The van der Waals surface area contributed by atoms with E-state index in [0.717, 1.165) is 18.0 Å². The van der Waals surface area contributed by atoms with E-state index in [4.69, 9.17) is 0 Å². The molecule has 0 aliphatic heterocycles. The fourth-order valence-electron chi connectivity index (χ4n) is 2.42. The molecule has 1 atom stereocenters. The molecule has 0 bridgehead atoms. The number of para-hydroxylation sites is 1. The Labute approximate surface area is 118 Å². The van der Waals surface area contributed by atoms with E-state index in [9.17, 15) is 4.39 Å². The van der Waals surface area contributed by atoms with E-state index in [1.54, 1.807) is 6.07 Å². The highest BCUT2D eigenvalue weighted by atomic mass is 19.1. The average Bonchev–Trinajstić information content (AvgIpc) is 3.29. The third kappa shape index (κ3) is 2.58. The van der Waals surface area contributed by atoms with Crippen molar-refractivity contribution in [2.45, 2.75) is 31.8 Å². The summed E-state index contributed by atoms with van der Waals surface area (Å²) >= 11 is 0. The van der Waals surface area contributed by atoms with Crippen molar-refractivity contribution in [3.05, 3.63) is 30.3 Å². The summed E-state index contributed by atoms with van der Waals surface area (Å²) in [5.41, 5.74) is 0.369. The van der Waals surface area contributed by atoms with E-state index in [-0.39, 0.29) is 5.82 Å². The van der Waals surface area contributed by atoms with Gasteiger partial charge in [0.25, 0.3) is 0 Å². The molecule has 20 heavy (non-hydrogen) atoms. The molecule has 0 spiro atoms. The molecule has 1 saturated carbocycles. The van der Waals surface area contributed by atoms with Crippen LogP contribution < -0.4 is 5.32 Å².